The zero-order valence-electron chi connectivity index (χ0n) is 13.4. The Hall–Kier alpha value is -1.87. The van der Waals surface area contributed by atoms with Crippen LogP contribution in [0.2, 0.25) is 0 Å². The summed E-state index contributed by atoms with van der Waals surface area (Å²) in [6.07, 6.45) is 5.90. The van der Waals surface area contributed by atoms with Crippen molar-refractivity contribution in [2.75, 3.05) is 25.0 Å². The van der Waals surface area contributed by atoms with E-state index in [9.17, 15) is 0 Å². The van der Waals surface area contributed by atoms with Gasteiger partial charge < -0.3 is 4.90 Å². The molecule has 1 aliphatic rings. The molecule has 0 atom stereocenters. The molecule has 0 amide bonds. The standard InChI is InChI=1S/C19H25N3/c1-21(16-18-7-3-4-12-20-18)15-17-8-10-19(11-9-17)22-13-5-2-6-14-22/h3-4,7-12H,2,5-6,13-16H2,1H3. The van der Waals surface area contributed by atoms with Crippen molar-refractivity contribution in [1.82, 2.24) is 9.88 Å². The number of nitrogens with zero attached hydrogens (tertiary/aromatic N) is 3. The molecule has 22 heavy (non-hydrogen) atoms. The van der Waals surface area contributed by atoms with Crippen molar-refractivity contribution in [2.24, 2.45) is 0 Å². The molecule has 0 radical (unpaired) electrons. The van der Waals surface area contributed by atoms with Crippen LogP contribution < -0.4 is 4.90 Å². The molecule has 0 bridgehead atoms. The van der Waals surface area contributed by atoms with Crippen molar-refractivity contribution in [1.29, 1.82) is 0 Å². The highest BCUT2D eigenvalue weighted by Gasteiger charge is 2.10. The SMILES string of the molecule is CN(Cc1ccc(N2CCCCC2)cc1)Cc1ccccn1. The Bertz CT molecular complexity index is 559. The number of pyridine rings is 1. The van der Waals surface area contributed by atoms with Crippen LogP contribution in [0, 0.1) is 0 Å². The molecule has 3 nitrogen and oxygen atoms in total. The molecule has 116 valence electrons. The average Bonchev–Trinajstić information content (AvgIpc) is 2.57. The van der Waals surface area contributed by atoms with Crippen LogP contribution in [0.3, 0.4) is 0 Å². The van der Waals surface area contributed by atoms with Crippen LogP contribution in [0.15, 0.2) is 48.7 Å². The second kappa shape index (κ2) is 7.41. The van der Waals surface area contributed by atoms with Crippen LogP contribution in [-0.2, 0) is 13.1 Å². The summed E-state index contributed by atoms with van der Waals surface area (Å²) in [5.74, 6) is 0. The van der Waals surface area contributed by atoms with Gasteiger partial charge in [0.25, 0.3) is 0 Å². The first-order valence-corrected chi connectivity index (χ1v) is 8.23. The lowest BCUT2D eigenvalue weighted by molar-refractivity contribution is 0.315. The number of piperidine rings is 1. The average molecular weight is 295 g/mol. The smallest absolute Gasteiger partial charge is 0.0543 e. The number of hydrogen-bond acceptors (Lipinski definition) is 3. The van der Waals surface area contributed by atoms with Gasteiger partial charge in [-0.15, -0.1) is 0 Å². The van der Waals surface area contributed by atoms with Crippen molar-refractivity contribution in [3.63, 3.8) is 0 Å². The Morgan fingerprint density at radius 2 is 1.73 bits per heavy atom. The van der Waals surface area contributed by atoms with Gasteiger partial charge in [-0.3, -0.25) is 9.88 Å². The molecule has 0 aliphatic carbocycles. The van der Waals surface area contributed by atoms with E-state index in [1.54, 1.807) is 0 Å². The van der Waals surface area contributed by atoms with Gasteiger partial charge in [-0.1, -0.05) is 18.2 Å². The summed E-state index contributed by atoms with van der Waals surface area (Å²) in [4.78, 5) is 9.20. The maximum absolute atomic E-state index is 4.39. The number of benzene rings is 1. The van der Waals surface area contributed by atoms with Crippen molar-refractivity contribution in [3.8, 4) is 0 Å². The molecule has 0 unspecified atom stereocenters. The summed E-state index contributed by atoms with van der Waals surface area (Å²) < 4.78 is 0. The first-order chi connectivity index (χ1) is 10.8. The lowest BCUT2D eigenvalue weighted by atomic mass is 10.1. The van der Waals surface area contributed by atoms with Crippen LogP contribution in [-0.4, -0.2) is 30.0 Å². The fraction of sp³-hybridized carbons (Fsp3) is 0.421. The largest absolute Gasteiger partial charge is 0.372 e. The Morgan fingerprint density at radius 1 is 0.955 bits per heavy atom. The normalized spacial score (nSPS) is 15.3. The highest BCUT2D eigenvalue weighted by molar-refractivity contribution is 5.47. The van der Waals surface area contributed by atoms with E-state index < -0.39 is 0 Å². The Morgan fingerprint density at radius 3 is 2.41 bits per heavy atom. The second-order valence-electron chi connectivity index (χ2n) is 6.21. The fourth-order valence-electron chi connectivity index (χ4n) is 3.10. The minimum Gasteiger partial charge on any atom is -0.372 e. The van der Waals surface area contributed by atoms with Gasteiger partial charge in [-0.25, -0.2) is 0 Å². The molecule has 0 spiro atoms. The van der Waals surface area contributed by atoms with Gasteiger partial charge in [0.15, 0.2) is 0 Å². The number of hydrogen-bond donors (Lipinski definition) is 0. The zero-order valence-corrected chi connectivity index (χ0v) is 13.4. The maximum Gasteiger partial charge on any atom is 0.0543 e. The molecule has 2 heterocycles. The minimum atomic E-state index is 0.884. The molecule has 1 aliphatic heterocycles. The van der Waals surface area contributed by atoms with Gasteiger partial charge in [0.1, 0.15) is 0 Å². The lowest BCUT2D eigenvalue weighted by Crippen LogP contribution is -2.29. The first kappa shape index (κ1) is 15.0. The molecule has 1 aromatic heterocycles. The molecule has 1 aromatic carbocycles. The predicted octanol–water partition coefficient (Wildman–Crippen LogP) is 3.70. The van der Waals surface area contributed by atoms with Gasteiger partial charge in [0, 0.05) is 38.1 Å². The Kier molecular flexibility index (Phi) is 5.07. The van der Waals surface area contributed by atoms with Crippen molar-refractivity contribution >= 4 is 5.69 Å². The van der Waals surface area contributed by atoms with Gasteiger partial charge in [-0.05, 0) is 56.1 Å². The van der Waals surface area contributed by atoms with E-state index in [4.69, 9.17) is 0 Å². The van der Waals surface area contributed by atoms with Crippen molar-refractivity contribution in [3.05, 3.63) is 59.9 Å². The van der Waals surface area contributed by atoms with Crippen LogP contribution in [0.25, 0.3) is 0 Å². The second-order valence-corrected chi connectivity index (χ2v) is 6.21. The summed E-state index contributed by atoms with van der Waals surface area (Å²) in [6.45, 7) is 4.25. The van der Waals surface area contributed by atoms with Crippen LogP contribution in [0.5, 0.6) is 0 Å². The quantitative estimate of drug-likeness (QED) is 0.838. The van der Waals surface area contributed by atoms with Crippen LogP contribution in [0.1, 0.15) is 30.5 Å². The number of aromatic nitrogens is 1. The third kappa shape index (κ3) is 4.08. The van der Waals surface area contributed by atoms with Gasteiger partial charge in [-0.2, -0.15) is 0 Å². The van der Waals surface area contributed by atoms with Crippen LogP contribution >= 0.6 is 0 Å². The Balaban J connectivity index is 1.56. The number of rotatable bonds is 5. The third-order valence-corrected chi connectivity index (χ3v) is 4.27. The van der Waals surface area contributed by atoms with E-state index in [0.717, 1.165) is 18.8 Å². The minimum absolute atomic E-state index is 0.884. The van der Waals surface area contributed by atoms with E-state index in [2.05, 4.69) is 52.2 Å². The molecule has 3 rings (SSSR count). The summed E-state index contributed by atoms with van der Waals surface area (Å²) in [7, 11) is 2.15. The van der Waals surface area contributed by atoms with E-state index in [0.29, 0.717) is 0 Å². The van der Waals surface area contributed by atoms with Gasteiger partial charge in [0.2, 0.25) is 0 Å². The molecule has 0 N–H and O–H groups in total. The molecular weight excluding hydrogens is 270 g/mol. The monoisotopic (exact) mass is 295 g/mol. The van der Waals surface area contributed by atoms with E-state index >= 15 is 0 Å². The van der Waals surface area contributed by atoms with E-state index in [1.165, 1.54) is 43.6 Å². The van der Waals surface area contributed by atoms with Crippen molar-refractivity contribution < 1.29 is 0 Å². The summed E-state index contributed by atoms with van der Waals surface area (Å²) in [6, 6.07) is 15.2. The number of anilines is 1. The fourth-order valence-corrected chi connectivity index (χ4v) is 3.10. The molecule has 1 fully saturated rings. The topological polar surface area (TPSA) is 19.4 Å². The van der Waals surface area contributed by atoms with Crippen LogP contribution in [0.4, 0.5) is 5.69 Å². The van der Waals surface area contributed by atoms with Gasteiger partial charge >= 0.3 is 0 Å². The molecular formula is C19H25N3. The van der Waals surface area contributed by atoms with Crippen molar-refractivity contribution in [2.45, 2.75) is 32.4 Å². The summed E-state index contributed by atoms with van der Waals surface area (Å²) in [5.41, 5.74) is 3.85. The lowest BCUT2D eigenvalue weighted by Gasteiger charge is -2.29. The molecule has 3 heteroatoms. The predicted molar refractivity (Wildman–Crippen MR) is 91.9 cm³/mol. The Labute approximate surface area is 133 Å². The molecule has 2 aromatic rings. The zero-order chi connectivity index (χ0) is 15.2. The first-order valence-electron chi connectivity index (χ1n) is 8.23. The van der Waals surface area contributed by atoms with E-state index in [1.807, 2.05) is 18.3 Å². The summed E-state index contributed by atoms with van der Waals surface area (Å²) in [5, 5.41) is 0. The maximum atomic E-state index is 4.39. The highest BCUT2D eigenvalue weighted by Crippen LogP contribution is 2.20. The third-order valence-electron chi connectivity index (χ3n) is 4.27. The molecule has 0 saturated carbocycles. The molecule has 1 saturated heterocycles. The summed E-state index contributed by atoms with van der Waals surface area (Å²) >= 11 is 0. The highest BCUT2D eigenvalue weighted by atomic mass is 15.1. The van der Waals surface area contributed by atoms with Gasteiger partial charge in [0.05, 0.1) is 5.69 Å². The van der Waals surface area contributed by atoms with E-state index in [-0.39, 0.29) is 0 Å².